The van der Waals surface area contributed by atoms with Crippen LogP contribution in [0.25, 0.3) is 0 Å². The molecule has 116 valence electrons. The van der Waals surface area contributed by atoms with Crippen LogP contribution in [0.3, 0.4) is 0 Å². The van der Waals surface area contributed by atoms with E-state index in [9.17, 15) is 9.90 Å². The first kappa shape index (κ1) is 14.7. The van der Waals surface area contributed by atoms with E-state index < -0.39 is 17.7 Å². The molecule has 22 heavy (non-hydrogen) atoms. The lowest BCUT2D eigenvalue weighted by molar-refractivity contribution is -0.0636. The van der Waals surface area contributed by atoms with Crippen molar-refractivity contribution in [2.24, 2.45) is 0 Å². The number of aliphatic hydroxyl groups excluding tert-OH is 1. The summed E-state index contributed by atoms with van der Waals surface area (Å²) in [6.45, 7) is 3.71. The fourth-order valence-electron chi connectivity index (χ4n) is 2.87. The summed E-state index contributed by atoms with van der Waals surface area (Å²) in [6.07, 6.45) is 3.04. The summed E-state index contributed by atoms with van der Waals surface area (Å²) in [5.41, 5.74) is 0.481. The van der Waals surface area contributed by atoms with Crippen LogP contribution < -0.4 is 4.74 Å². The smallest absolute Gasteiger partial charge is 0.337 e. The van der Waals surface area contributed by atoms with E-state index in [-0.39, 0.29) is 6.04 Å². The van der Waals surface area contributed by atoms with E-state index in [1.807, 2.05) is 42.9 Å². The molecule has 0 radical (unpaired) electrons. The molecule has 1 N–H and O–H groups in total. The fraction of sp³-hybridized carbons (Fsp3) is 0.353. The number of benzene rings is 1. The number of nitrogens with zero attached hydrogens (tertiary/aromatic N) is 1. The molecule has 5 nitrogen and oxygen atoms in total. The van der Waals surface area contributed by atoms with E-state index in [2.05, 4.69) is 0 Å². The maximum Gasteiger partial charge on any atom is 0.337 e. The van der Waals surface area contributed by atoms with Crippen molar-refractivity contribution < 1.29 is 19.4 Å². The molecular weight excluding hydrogens is 282 g/mol. The third kappa shape index (κ3) is 2.27. The molecule has 0 saturated carbocycles. The van der Waals surface area contributed by atoms with Gasteiger partial charge in [-0.25, -0.2) is 4.79 Å². The summed E-state index contributed by atoms with van der Waals surface area (Å²) in [6, 6.07) is 8.64. The number of hydrogen-bond acceptors (Lipinski definition) is 4. The van der Waals surface area contributed by atoms with Crippen LogP contribution in [0.4, 0.5) is 0 Å². The predicted molar refractivity (Wildman–Crippen MR) is 81.1 cm³/mol. The molecule has 2 heterocycles. The van der Waals surface area contributed by atoms with Crippen LogP contribution in [0.2, 0.25) is 0 Å². The number of rotatable bonds is 2. The molecule has 0 amide bonds. The second-order valence-corrected chi connectivity index (χ2v) is 5.97. The van der Waals surface area contributed by atoms with Gasteiger partial charge in [0.15, 0.2) is 0 Å². The summed E-state index contributed by atoms with van der Waals surface area (Å²) in [7, 11) is 1.35. The molecule has 5 heteroatoms. The number of carbonyl (C=O) groups excluding carboxylic acids is 1. The number of fused-ring (bicyclic) bond motifs is 1. The molecule has 2 atom stereocenters. The third-order valence-corrected chi connectivity index (χ3v) is 4.08. The van der Waals surface area contributed by atoms with Gasteiger partial charge >= 0.3 is 5.97 Å². The largest absolute Gasteiger partial charge is 0.485 e. The van der Waals surface area contributed by atoms with Crippen molar-refractivity contribution in [2.45, 2.75) is 31.6 Å². The van der Waals surface area contributed by atoms with E-state index in [1.54, 1.807) is 18.2 Å². The molecule has 0 unspecified atom stereocenters. The van der Waals surface area contributed by atoms with Gasteiger partial charge < -0.3 is 19.1 Å². The van der Waals surface area contributed by atoms with Gasteiger partial charge in [-0.2, -0.15) is 0 Å². The number of aromatic nitrogens is 1. The highest BCUT2D eigenvalue weighted by Gasteiger charge is 2.43. The number of aliphatic hydroxyl groups is 1. The zero-order valence-corrected chi connectivity index (χ0v) is 12.8. The van der Waals surface area contributed by atoms with Crippen LogP contribution in [-0.4, -0.2) is 34.5 Å². The predicted octanol–water partition coefficient (Wildman–Crippen LogP) is 2.40. The van der Waals surface area contributed by atoms with E-state index >= 15 is 0 Å². The summed E-state index contributed by atoms with van der Waals surface area (Å²) >= 11 is 0. The highest BCUT2D eigenvalue weighted by Crippen LogP contribution is 2.42. The average Bonchev–Trinajstić information content (AvgIpc) is 3.01. The third-order valence-electron chi connectivity index (χ3n) is 4.08. The van der Waals surface area contributed by atoms with Crippen LogP contribution >= 0.6 is 0 Å². The number of methoxy groups -OCH3 is 1. The van der Waals surface area contributed by atoms with Crippen LogP contribution in [0.5, 0.6) is 5.75 Å². The maximum absolute atomic E-state index is 11.8. The minimum absolute atomic E-state index is 0.321. The molecule has 0 bridgehead atoms. The Morgan fingerprint density at radius 2 is 2.00 bits per heavy atom. The first-order chi connectivity index (χ1) is 10.4. The summed E-state index contributed by atoms with van der Waals surface area (Å²) < 4.78 is 12.6. The molecule has 1 aromatic carbocycles. The number of carbonyl (C=O) groups is 1. The van der Waals surface area contributed by atoms with Gasteiger partial charge in [-0.05, 0) is 44.2 Å². The molecule has 3 rings (SSSR count). The Morgan fingerprint density at radius 3 is 2.64 bits per heavy atom. The van der Waals surface area contributed by atoms with E-state index in [1.165, 1.54) is 7.11 Å². The number of ether oxygens (including phenoxy) is 2. The molecular formula is C17H19NO4. The first-order valence-corrected chi connectivity index (χ1v) is 7.16. The van der Waals surface area contributed by atoms with Gasteiger partial charge in [0, 0.05) is 18.0 Å². The molecule has 0 saturated heterocycles. The molecule has 1 aromatic heterocycles. The van der Waals surface area contributed by atoms with E-state index in [0.29, 0.717) is 11.3 Å². The molecule has 1 aliphatic heterocycles. The normalized spacial score (nSPS) is 22.5. The molecule has 0 spiro atoms. The van der Waals surface area contributed by atoms with Crippen LogP contribution in [-0.2, 0) is 4.74 Å². The van der Waals surface area contributed by atoms with Gasteiger partial charge in [0.25, 0.3) is 0 Å². The van der Waals surface area contributed by atoms with Crippen LogP contribution in [0, 0.1) is 0 Å². The summed E-state index contributed by atoms with van der Waals surface area (Å²) in [5.74, 6) is 0.259. The van der Waals surface area contributed by atoms with E-state index in [0.717, 1.165) is 5.56 Å². The fourth-order valence-corrected chi connectivity index (χ4v) is 2.87. The van der Waals surface area contributed by atoms with Gasteiger partial charge in [-0.3, -0.25) is 0 Å². The van der Waals surface area contributed by atoms with Gasteiger partial charge in [0.2, 0.25) is 0 Å². The zero-order valence-electron chi connectivity index (χ0n) is 12.8. The second-order valence-electron chi connectivity index (χ2n) is 5.97. The van der Waals surface area contributed by atoms with Gasteiger partial charge in [0.1, 0.15) is 17.5 Å². The maximum atomic E-state index is 11.8. The van der Waals surface area contributed by atoms with Gasteiger partial charge in [-0.1, -0.05) is 0 Å². The number of esters is 1. The molecule has 0 fully saturated rings. The Hall–Kier alpha value is -2.27. The lowest BCUT2D eigenvalue weighted by atomic mass is 9.85. The Labute approximate surface area is 129 Å². The highest BCUT2D eigenvalue weighted by molar-refractivity contribution is 5.89. The lowest BCUT2D eigenvalue weighted by Gasteiger charge is -2.42. The average molecular weight is 301 g/mol. The zero-order chi connectivity index (χ0) is 15.9. The minimum atomic E-state index is -0.750. The Kier molecular flexibility index (Phi) is 3.45. The lowest BCUT2D eigenvalue weighted by Crippen LogP contribution is -2.50. The van der Waals surface area contributed by atoms with Crippen molar-refractivity contribution >= 4 is 5.97 Å². The van der Waals surface area contributed by atoms with Crippen molar-refractivity contribution in [3.8, 4) is 5.75 Å². The van der Waals surface area contributed by atoms with E-state index in [4.69, 9.17) is 9.47 Å². The minimum Gasteiger partial charge on any atom is -0.485 e. The monoisotopic (exact) mass is 301 g/mol. The van der Waals surface area contributed by atoms with Crippen LogP contribution in [0.1, 0.15) is 35.8 Å². The topological polar surface area (TPSA) is 60.7 Å². The highest BCUT2D eigenvalue weighted by atomic mass is 16.5. The standard InChI is InChI=1S/C17H19NO4/c1-17(2)15(19)14(18-8-4-5-9-18)12-10-11(16(20)21-3)6-7-13(12)22-17/h4-10,14-15,19H,1-3H3/t14-,15+/m0/s1. The van der Waals surface area contributed by atoms with Crippen LogP contribution in [0.15, 0.2) is 42.7 Å². The quantitative estimate of drug-likeness (QED) is 0.865. The van der Waals surface area contributed by atoms with Crippen molar-refractivity contribution in [3.05, 3.63) is 53.9 Å². The van der Waals surface area contributed by atoms with Crippen molar-refractivity contribution in [2.75, 3.05) is 7.11 Å². The van der Waals surface area contributed by atoms with Crippen molar-refractivity contribution in [1.29, 1.82) is 0 Å². The molecule has 1 aliphatic rings. The summed E-state index contributed by atoms with van der Waals surface area (Å²) in [5, 5.41) is 10.7. The molecule has 2 aromatic rings. The van der Waals surface area contributed by atoms with Crippen molar-refractivity contribution in [1.82, 2.24) is 4.57 Å². The first-order valence-electron chi connectivity index (χ1n) is 7.16. The summed E-state index contributed by atoms with van der Waals surface area (Å²) in [4.78, 5) is 11.8. The van der Waals surface area contributed by atoms with Gasteiger partial charge in [-0.15, -0.1) is 0 Å². The second kappa shape index (κ2) is 5.18. The Bertz CT molecular complexity index is 691. The van der Waals surface area contributed by atoms with Gasteiger partial charge in [0.05, 0.1) is 18.7 Å². The Morgan fingerprint density at radius 1 is 1.32 bits per heavy atom. The molecule has 0 aliphatic carbocycles. The SMILES string of the molecule is COC(=O)c1ccc2c(c1)[C@H](n1cccc1)[C@@H](O)C(C)(C)O2. The Balaban J connectivity index is 2.15. The number of hydrogen-bond donors (Lipinski definition) is 1. The van der Waals surface area contributed by atoms with Crippen molar-refractivity contribution in [3.63, 3.8) is 0 Å².